The molecule has 0 aliphatic heterocycles. The second-order valence-corrected chi connectivity index (χ2v) is 5.52. The van der Waals surface area contributed by atoms with Gasteiger partial charge in [0.15, 0.2) is 0 Å². The Morgan fingerprint density at radius 3 is 2.85 bits per heavy atom. The summed E-state index contributed by atoms with van der Waals surface area (Å²) in [6, 6.07) is 11.3. The van der Waals surface area contributed by atoms with Gasteiger partial charge < -0.3 is 4.74 Å². The number of aromatic nitrogens is 1. The number of nitrogens with two attached hydrogens (primary N) is 1. The average molecular weight is 310 g/mol. The van der Waals surface area contributed by atoms with E-state index in [1.807, 2.05) is 36.4 Å². The number of thioether (sulfide) groups is 1. The number of hydrogen-bond donors (Lipinski definition) is 2. The van der Waals surface area contributed by atoms with Crippen LogP contribution in [0.5, 0.6) is 5.75 Å². The van der Waals surface area contributed by atoms with Crippen LogP contribution in [0.25, 0.3) is 0 Å². The number of pyridine rings is 1. The second kappa shape index (κ2) is 7.50. The number of hydrogen-bond acceptors (Lipinski definition) is 5. The summed E-state index contributed by atoms with van der Waals surface area (Å²) in [7, 11) is 1.62. The van der Waals surface area contributed by atoms with Gasteiger partial charge in [-0.2, -0.15) is 0 Å². The van der Waals surface area contributed by atoms with Gasteiger partial charge in [-0.15, -0.1) is 11.8 Å². The van der Waals surface area contributed by atoms with Crippen LogP contribution < -0.4 is 16.0 Å². The van der Waals surface area contributed by atoms with Crippen molar-refractivity contribution in [3.8, 4) is 5.75 Å². The first-order chi connectivity index (χ1) is 9.76. The summed E-state index contributed by atoms with van der Waals surface area (Å²) in [6.45, 7) is 0. The van der Waals surface area contributed by atoms with Crippen LogP contribution >= 0.6 is 23.4 Å². The van der Waals surface area contributed by atoms with Gasteiger partial charge >= 0.3 is 0 Å². The van der Waals surface area contributed by atoms with E-state index in [1.54, 1.807) is 25.1 Å². The minimum atomic E-state index is -0.118. The van der Waals surface area contributed by atoms with Crippen LogP contribution in [0.4, 0.5) is 0 Å². The Morgan fingerprint density at radius 2 is 2.15 bits per heavy atom. The predicted octanol–water partition coefficient (Wildman–Crippen LogP) is 3.04. The Kier molecular flexibility index (Phi) is 5.67. The summed E-state index contributed by atoms with van der Waals surface area (Å²) in [5.41, 5.74) is 3.57. The molecular weight excluding hydrogens is 294 g/mol. The second-order valence-electron chi connectivity index (χ2n) is 4.05. The number of nitrogens with zero attached hydrogens (tertiary/aromatic N) is 1. The van der Waals surface area contributed by atoms with Crippen molar-refractivity contribution in [2.75, 3.05) is 12.9 Å². The van der Waals surface area contributed by atoms with Crippen LogP contribution in [0.15, 0.2) is 47.5 Å². The molecule has 0 saturated heterocycles. The van der Waals surface area contributed by atoms with Gasteiger partial charge in [-0.05, 0) is 24.3 Å². The zero-order chi connectivity index (χ0) is 14.4. The van der Waals surface area contributed by atoms with Crippen molar-refractivity contribution in [2.45, 2.75) is 10.9 Å². The number of nitrogens with one attached hydrogen (secondary N) is 1. The van der Waals surface area contributed by atoms with Crippen molar-refractivity contribution in [1.29, 1.82) is 0 Å². The Morgan fingerprint density at radius 1 is 1.35 bits per heavy atom. The van der Waals surface area contributed by atoms with E-state index in [9.17, 15) is 0 Å². The van der Waals surface area contributed by atoms with E-state index in [0.29, 0.717) is 5.75 Å². The highest BCUT2D eigenvalue weighted by molar-refractivity contribution is 7.99. The zero-order valence-electron chi connectivity index (χ0n) is 11.0. The molecule has 1 heterocycles. The van der Waals surface area contributed by atoms with E-state index >= 15 is 0 Å². The Labute approximate surface area is 127 Å². The Balaban J connectivity index is 2.11. The highest BCUT2D eigenvalue weighted by Crippen LogP contribution is 2.31. The highest BCUT2D eigenvalue weighted by Gasteiger charge is 2.16. The van der Waals surface area contributed by atoms with E-state index in [1.165, 1.54) is 0 Å². The number of halogens is 1. The summed E-state index contributed by atoms with van der Waals surface area (Å²) in [4.78, 5) is 5.36. The van der Waals surface area contributed by atoms with E-state index in [4.69, 9.17) is 22.2 Å². The first-order valence-electron chi connectivity index (χ1n) is 6.08. The topological polar surface area (TPSA) is 60.2 Å². The van der Waals surface area contributed by atoms with Crippen molar-refractivity contribution >= 4 is 23.4 Å². The number of rotatable bonds is 6. The maximum Gasteiger partial charge on any atom is 0.142 e. The molecule has 6 heteroatoms. The third kappa shape index (κ3) is 3.64. The maximum atomic E-state index is 6.14. The third-order valence-corrected chi connectivity index (χ3v) is 4.40. The molecule has 0 radical (unpaired) electrons. The minimum Gasteiger partial charge on any atom is -0.495 e. The lowest BCUT2D eigenvalue weighted by atomic mass is 10.2. The number of ether oxygens (including phenoxy) is 1. The van der Waals surface area contributed by atoms with E-state index < -0.39 is 0 Å². The first kappa shape index (κ1) is 15.1. The van der Waals surface area contributed by atoms with Gasteiger partial charge in [0.1, 0.15) is 11.4 Å². The fourth-order valence-corrected chi connectivity index (χ4v) is 3.06. The molecule has 1 atom stereocenters. The van der Waals surface area contributed by atoms with Gasteiger partial charge in [0.25, 0.3) is 0 Å². The lowest BCUT2D eigenvalue weighted by molar-refractivity contribution is 0.398. The molecule has 2 rings (SSSR count). The number of hydrazine groups is 1. The molecule has 0 spiro atoms. The molecule has 1 unspecified atom stereocenters. The molecular formula is C14H16ClN3OS. The molecule has 1 aromatic heterocycles. The molecule has 0 aliphatic carbocycles. The normalized spacial score (nSPS) is 12.2. The molecule has 4 nitrogen and oxygen atoms in total. The van der Waals surface area contributed by atoms with Gasteiger partial charge in [0.2, 0.25) is 0 Å². The molecule has 3 N–H and O–H groups in total. The van der Waals surface area contributed by atoms with Crippen molar-refractivity contribution in [1.82, 2.24) is 10.4 Å². The number of methoxy groups -OCH3 is 1. The van der Waals surface area contributed by atoms with E-state index in [-0.39, 0.29) is 6.04 Å². The molecule has 106 valence electrons. The van der Waals surface area contributed by atoms with Crippen LogP contribution in [0.3, 0.4) is 0 Å². The van der Waals surface area contributed by atoms with Gasteiger partial charge in [-0.1, -0.05) is 23.7 Å². The van der Waals surface area contributed by atoms with Gasteiger partial charge in [-0.25, -0.2) is 0 Å². The molecule has 1 aromatic carbocycles. The largest absolute Gasteiger partial charge is 0.495 e. The molecule has 0 fully saturated rings. The lowest BCUT2D eigenvalue weighted by Gasteiger charge is -2.17. The summed E-state index contributed by atoms with van der Waals surface area (Å²) >= 11 is 7.77. The molecule has 2 aromatic rings. The van der Waals surface area contributed by atoms with Gasteiger partial charge in [-0.3, -0.25) is 16.3 Å². The smallest absolute Gasteiger partial charge is 0.142 e. The van der Waals surface area contributed by atoms with Crippen LogP contribution in [0, 0.1) is 0 Å². The molecule has 0 amide bonds. The average Bonchev–Trinajstić information content (AvgIpc) is 2.50. The van der Waals surface area contributed by atoms with Crippen molar-refractivity contribution in [2.24, 2.45) is 5.84 Å². The summed E-state index contributed by atoms with van der Waals surface area (Å²) in [6.07, 6.45) is 1.72. The summed E-state index contributed by atoms with van der Waals surface area (Å²) < 4.78 is 5.31. The van der Waals surface area contributed by atoms with Crippen LogP contribution in [0.1, 0.15) is 11.7 Å². The summed E-state index contributed by atoms with van der Waals surface area (Å²) in [5, 5.41) is 0.737. The lowest BCUT2D eigenvalue weighted by Crippen LogP contribution is -2.30. The highest BCUT2D eigenvalue weighted by atomic mass is 35.5. The van der Waals surface area contributed by atoms with E-state index in [2.05, 4.69) is 10.4 Å². The van der Waals surface area contributed by atoms with Crippen LogP contribution in [0.2, 0.25) is 5.02 Å². The van der Waals surface area contributed by atoms with Gasteiger partial charge in [0.05, 0.1) is 18.2 Å². The summed E-state index contributed by atoms with van der Waals surface area (Å²) in [5.74, 6) is 7.06. The van der Waals surface area contributed by atoms with Crippen LogP contribution in [-0.4, -0.2) is 17.8 Å². The van der Waals surface area contributed by atoms with Crippen molar-refractivity contribution in [3.05, 3.63) is 53.3 Å². The fraction of sp³-hybridized carbons (Fsp3) is 0.214. The minimum absolute atomic E-state index is 0.118. The van der Waals surface area contributed by atoms with Crippen molar-refractivity contribution < 1.29 is 4.74 Å². The van der Waals surface area contributed by atoms with Gasteiger partial charge in [0, 0.05) is 16.8 Å². The molecule has 0 saturated carbocycles. The quantitative estimate of drug-likeness (QED) is 0.488. The zero-order valence-corrected chi connectivity index (χ0v) is 12.6. The van der Waals surface area contributed by atoms with E-state index in [0.717, 1.165) is 21.4 Å². The van der Waals surface area contributed by atoms with Crippen LogP contribution in [-0.2, 0) is 0 Å². The third-order valence-electron chi connectivity index (χ3n) is 2.79. The first-order valence-corrected chi connectivity index (χ1v) is 7.45. The molecule has 20 heavy (non-hydrogen) atoms. The predicted molar refractivity (Wildman–Crippen MR) is 83.0 cm³/mol. The monoisotopic (exact) mass is 309 g/mol. The molecule has 0 aliphatic rings. The Hall–Kier alpha value is -1.27. The standard InChI is InChI=1S/C14H16ClN3OS/c1-19-12-6-4-8-17-14(12)11(18-16)9-20-13-7-3-2-5-10(13)15/h2-8,11,18H,9,16H2,1H3. The SMILES string of the molecule is COc1cccnc1C(CSc1ccccc1Cl)NN. The maximum absolute atomic E-state index is 6.14. The molecule has 0 bridgehead atoms. The Bertz CT molecular complexity index is 568. The number of benzene rings is 1. The van der Waals surface area contributed by atoms with Crippen molar-refractivity contribution in [3.63, 3.8) is 0 Å². The fourth-order valence-electron chi connectivity index (χ4n) is 1.78.